The Hall–Kier alpha value is -2.14. The fraction of sp³-hybridized carbons (Fsp3) is 0.412. The molecule has 1 fully saturated rings. The number of anilines is 1. The summed E-state index contributed by atoms with van der Waals surface area (Å²) in [5.41, 5.74) is 2.14. The second kappa shape index (κ2) is 6.75. The summed E-state index contributed by atoms with van der Waals surface area (Å²) in [6.07, 6.45) is 4.08. The van der Waals surface area contributed by atoms with Crippen LogP contribution < -0.4 is 10.1 Å². The molecule has 1 unspecified atom stereocenters. The predicted molar refractivity (Wildman–Crippen MR) is 84.8 cm³/mol. The number of ether oxygens (including phenoxy) is 2. The topological polar surface area (TPSA) is 56.3 Å². The highest BCUT2D eigenvalue weighted by Gasteiger charge is 2.32. The number of nitrogens with zero attached hydrogens (tertiary/aromatic N) is 2. The van der Waals surface area contributed by atoms with Crippen LogP contribution in [-0.4, -0.2) is 24.2 Å². The van der Waals surface area contributed by atoms with Crippen molar-refractivity contribution in [1.82, 2.24) is 9.97 Å². The third-order valence-electron chi connectivity index (χ3n) is 3.89. The van der Waals surface area contributed by atoms with Crippen molar-refractivity contribution in [3.05, 3.63) is 47.9 Å². The molecule has 0 saturated heterocycles. The summed E-state index contributed by atoms with van der Waals surface area (Å²) in [6, 6.07) is 10.5. The van der Waals surface area contributed by atoms with Gasteiger partial charge >= 0.3 is 0 Å². The lowest BCUT2D eigenvalue weighted by molar-refractivity contribution is 0.181. The molecule has 1 saturated carbocycles. The van der Waals surface area contributed by atoms with Gasteiger partial charge in [-0.05, 0) is 36.5 Å². The van der Waals surface area contributed by atoms with Crippen LogP contribution in [0.5, 0.6) is 5.75 Å². The maximum absolute atomic E-state index is 5.23. The zero-order chi connectivity index (χ0) is 15.4. The summed E-state index contributed by atoms with van der Waals surface area (Å²) in [5.74, 6) is 2.38. The van der Waals surface area contributed by atoms with E-state index in [1.165, 1.54) is 18.4 Å². The predicted octanol–water partition coefficient (Wildman–Crippen LogP) is 3.19. The van der Waals surface area contributed by atoms with E-state index in [1.807, 2.05) is 18.2 Å². The number of aromatic nitrogens is 2. The van der Waals surface area contributed by atoms with Crippen LogP contribution in [0.2, 0.25) is 0 Å². The van der Waals surface area contributed by atoms with Crippen LogP contribution >= 0.6 is 0 Å². The standard InChI is InChI=1S/C17H21N3O2/c1-21-10-14-9-16(19-11-18-14)20-17(12-3-4-12)13-5-7-15(22-2)8-6-13/h5-9,11-12,17H,3-4,10H2,1-2H3,(H,18,19,20). The van der Waals surface area contributed by atoms with Crippen molar-refractivity contribution in [2.75, 3.05) is 19.5 Å². The van der Waals surface area contributed by atoms with Crippen molar-refractivity contribution in [2.24, 2.45) is 5.92 Å². The Morgan fingerprint density at radius 2 is 1.95 bits per heavy atom. The minimum Gasteiger partial charge on any atom is -0.497 e. The van der Waals surface area contributed by atoms with Crippen molar-refractivity contribution >= 4 is 5.82 Å². The van der Waals surface area contributed by atoms with Gasteiger partial charge in [-0.3, -0.25) is 0 Å². The molecular formula is C17H21N3O2. The molecular weight excluding hydrogens is 278 g/mol. The molecule has 22 heavy (non-hydrogen) atoms. The Morgan fingerprint density at radius 3 is 2.59 bits per heavy atom. The zero-order valence-electron chi connectivity index (χ0n) is 13.0. The molecule has 2 aromatic rings. The van der Waals surface area contributed by atoms with E-state index in [9.17, 15) is 0 Å². The summed E-state index contributed by atoms with van der Waals surface area (Å²) in [6.45, 7) is 0.494. The van der Waals surface area contributed by atoms with Gasteiger partial charge < -0.3 is 14.8 Å². The van der Waals surface area contributed by atoms with Crippen LogP contribution in [-0.2, 0) is 11.3 Å². The molecule has 3 rings (SSSR count). The Kier molecular flexibility index (Phi) is 4.53. The highest BCUT2D eigenvalue weighted by molar-refractivity contribution is 5.41. The molecule has 0 spiro atoms. The minimum absolute atomic E-state index is 0.274. The Morgan fingerprint density at radius 1 is 1.18 bits per heavy atom. The first-order valence-corrected chi connectivity index (χ1v) is 7.50. The Labute approximate surface area is 130 Å². The van der Waals surface area contributed by atoms with E-state index in [0.29, 0.717) is 12.5 Å². The molecule has 5 nitrogen and oxygen atoms in total. The van der Waals surface area contributed by atoms with Crippen LogP contribution in [0.1, 0.15) is 30.1 Å². The van der Waals surface area contributed by atoms with Crippen molar-refractivity contribution in [3.8, 4) is 5.75 Å². The highest BCUT2D eigenvalue weighted by Crippen LogP contribution is 2.42. The molecule has 0 amide bonds. The largest absolute Gasteiger partial charge is 0.497 e. The molecule has 1 atom stereocenters. The van der Waals surface area contributed by atoms with Crippen LogP contribution in [0, 0.1) is 5.92 Å². The Bertz CT molecular complexity index is 612. The molecule has 1 aliphatic rings. The fourth-order valence-electron chi connectivity index (χ4n) is 2.58. The van der Waals surface area contributed by atoms with Crippen molar-refractivity contribution in [2.45, 2.75) is 25.5 Å². The SMILES string of the molecule is COCc1cc(NC(c2ccc(OC)cc2)C2CC2)ncn1. The Balaban J connectivity index is 1.78. The number of methoxy groups -OCH3 is 2. The highest BCUT2D eigenvalue weighted by atomic mass is 16.5. The van der Waals surface area contributed by atoms with Gasteiger partial charge in [0.05, 0.1) is 25.5 Å². The first-order valence-electron chi connectivity index (χ1n) is 7.50. The first kappa shape index (κ1) is 14.8. The smallest absolute Gasteiger partial charge is 0.130 e. The zero-order valence-corrected chi connectivity index (χ0v) is 13.0. The van der Waals surface area contributed by atoms with Crippen LogP contribution in [0.4, 0.5) is 5.82 Å². The molecule has 1 aromatic carbocycles. The van der Waals surface area contributed by atoms with Gasteiger partial charge in [0, 0.05) is 13.2 Å². The van der Waals surface area contributed by atoms with Gasteiger partial charge in [0.2, 0.25) is 0 Å². The molecule has 5 heteroatoms. The van der Waals surface area contributed by atoms with Gasteiger partial charge in [-0.15, -0.1) is 0 Å². The first-order chi connectivity index (χ1) is 10.8. The third-order valence-corrected chi connectivity index (χ3v) is 3.89. The van der Waals surface area contributed by atoms with Crippen LogP contribution in [0.25, 0.3) is 0 Å². The van der Waals surface area contributed by atoms with Crippen molar-refractivity contribution in [1.29, 1.82) is 0 Å². The number of hydrogen-bond acceptors (Lipinski definition) is 5. The van der Waals surface area contributed by atoms with Crippen molar-refractivity contribution in [3.63, 3.8) is 0 Å². The third kappa shape index (κ3) is 3.54. The van der Waals surface area contributed by atoms with E-state index in [-0.39, 0.29) is 6.04 Å². The lowest BCUT2D eigenvalue weighted by atomic mass is 10.0. The summed E-state index contributed by atoms with van der Waals surface area (Å²) in [5, 5.41) is 3.55. The van der Waals surface area contributed by atoms with Crippen molar-refractivity contribution < 1.29 is 9.47 Å². The van der Waals surface area contributed by atoms with Gasteiger partial charge in [0.15, 0.2) is 0 Å². The van der Waals surface area contributed by atoms with E-state index in [0.717, 1.165) is 17.3 Å². The van der Waals surface area contributed by atoms with Crippen LogP contribution in [0.3, 0.4) is 0 Å². The van der Waals surface area contributed by atoms with Gasteiger partial charge in [-0.25, -0.2) is 9.97 Å². The number of nitrogens with one attached hydrogen (secondary N) is 1. The van der Waals surface area contributed by atoms with Crippen LogP contribution in [0.15, 0.2) is 36.7 Å². The summed E-state index contributed by atoms with van der Waals surface area (Å²) < 4.78 is 10.4. The van der Waals surface area contributed by atoms with E-state index in [1.54, 1.807) is 20.5 Å². The summed E-state index contributed by atoms with van der Waals surface area (Å²) in [4.78, 5) is 8.53. The number of benzene rings is 1. The van der Waals surface area contributed by atoms with Gasteiger partial charge in [0.1, 0.15) is 17.9 Å². The molecule has 1 heterocycles. The number of rotatable bonds is 7. The molecule has 1 aromatic heterocycles. The second-order valence-corrected chi connectivity index (χ2v) is 5.56. The average Bonchev–Trinajstić information content (AvgIpc) is 3.38. The maximum atomic E-state index is 5.23. The molecule has 1 aliphatic carbocycles. The summed E-state index contributed by atoms with van der Waals surface area (Å²) >= 11 is 0. The quantitative estimate of drug-likeness (QED) is 0.851. The molecule has 1 N–H and O–H groups in total. The number of hydrogen-bond donors (Lipinski definition) is 1. The molecule has 0 bridgehead atoms. The van der Waals surface area contributed by atoms with E-state index in [4.69, 9.17) is 9.47 Å². The minimum atomic E-state index is 0.274. The van der Waals surface area contributed by atoms with E-state index >= 15 is 0 Å². The van der Waals surface area contributed by atoms with Gasteiger partial charge in [0.25, 0.3) is 0 Å². The monoisotopic (exact) mass is 299 g/mol. The second-order valence-electron chi connectivity index (χ2n) is 5.56. The normalized spacial score (nSPS) is 15.4. The van der Waals surface area contributed by atoms with Gasteiger partial charge in [-0.1, -0.05) is 12.1 Å². The lowest BCUT2D eigenvalue weighted by Crippen LogP contribution is -2.14. The lowest BCUT2D eigenvalue weighted by Gasteiger charge is -2.20. The fourth-order valence-corrected chi connectivity index (χ4v) is 2.58. The average molecular weight is 299 g/mol. The maximum Gasteiger partial charge on any atom is 0.130 e. The van der Waals surface area contributed by atoms with E-state index < -0.39 is 0 Å². The molecule has 0 radical (unpaired) electrons. The van der Waals surface area contributed by atoms with Gasteiger partial charge in [-0.2, -0.15) is 0 Å². The van der Waals surface area contributed by atoms with E-state index in [2.05, 4.69) is 27.4 Å². The summed E-state index contributed by atoms with van der Waals surface area (Å²) in [7, 11) is 3.35. The molecule has 0 aliphatic heterocycles. The molecule has 116 valence electrons.